The van der Waals surface area contributed by atoms with Gasteiger partial charge in [0, 0.05) is 6.61 Å². The molecule has 0 saturated heterocycles. The van der Waals surface area contributed by atoms with Gasteiger partial charge in [0.1, 0.15) is 0 Å². The van der Waals surface area contributed by atoms with Crippen molar-refractivity contribution in [3.63, 3.8) is 0 Å². The van der Waals surface area contributed by atoms with Crippen LogP contribution in [0.15, 0.2) is 16.8 Å². The zero-order valence-electron chi connectivity index (χ0n) is 8.48. The van der Waals surface area contributed by atoms with Gasteiger partial charge in [0.15, 0.2) is 0 Å². The van der Waals surface area contributed by atoms with E-state index < -0.39 is 0 Å². The molecular weight excluding hydrogens is 194 g/mol. The number of nitrogens with two attached hydrogens (primary N) is 1. The molecule has 1 aromatic heterocycles. The second-order valence-electron chi connectivity index (χ2n) is 3.84. The lowest BCUT2D eigenvalue weighted by molar-refractivity contribution is 0.0284. The molecule has 3 heteroatoms. The molecule has 1 saturated carbocycles. The molecule has 0 aromatic carbocycles. The molecule has 1 heterocycles. The Kier molecular flexibility index (Phi) is 3.21. The van der Waals surface area contributed by atoms with E-state index in [4.69, 9.17) is 10.5 Å². The molecule has 2 rings (SSSR count). The van der Waals surface area contributed by atoms with Gasteiger partial charge in [-0.05, 0) is 48.1 Å². The summed E-state index contributed by atoms with van der Waals surface area (Å²) < 4.78 is 5.73. The minimum atomic E-state index is 0.0636. The van der Waals surface area contributed by atoms with Crippen LogP contribution in [0.3, 0.4) is 0 Å². The highest BCUT2D eigenvalue weighted by Crippen LogP contribution is 2.39. The highest BCUT2D eigenvalue weighted by Gasteiger charge is 2.36. The Labute approximate surface area is 89.1 Å². The Balaban J connectivity index is 2.02. The van der Waals surface area contributed by atoms with E-state index in [1.165, 1.54) is 18.4 Å². The maximum Gasteiger partial charge on any atom is 0.0795 e. The number of ether oxygens (including phenoxy) is 1. The van der Waals surface area contributed by atoms with Gasteiger partial charge in [0.05, 0.1) is 12.1 Å². The standard InChI is InChI=1S/C11H17NOS/c1-2-13-11(8-3-4-8)10(12)9-5-6-14-7-9/h5-8,10-11H,2-4,12H2,1H3. The van der Waals surface area contributed by atoms with Crippen molar-refractivity contribution in [3.05, 3.63) is 22.4 Å². The average molecular weight is 211 g/mol. The summed E-state index contributed by atoms with van der Waals surface area (Å²) in [6, 6.07) is 2.16. The molecule has 1 fully saturated rings. The first-order chi connectivity index (χ1) is 6.83. The number of rotatable bonds is 5. The monoisotopic (exact) mass is 211 g/mol. The summed E-state index contributed by atoms with van der Waals surface area (Å²) in [6.07, 6.45) is 2.79. The number of thiophene rings is 1. The Hall–Kier alpha value is -0.380. The lowest BCUT2D eigenvalue weighted by Crippen LogP contribution is -2.30. The maximum absolute atomic E-state index is 6.19. The van der Waals surface area contributed by atoms with Crippen LogP contribution in [0, 0.1) is 5.92 Å². The van der Waals surface area contributed by atoms with Gasteiger partial charge in [-0.3, -0.25) is 0 Å². The molecule has 1 aliphatic rings. The average Bonchev–Trinajstić information content (AvgIpc) is 2.88. The van der Waals surface area contributed by atoms with Crippen molar-refractivity contribution in [2.24, 2.45) is 11.7 Å². The molecule has 2 N–H and O–H groups in total. The quantitative estimate of drug-likeness (QED) is 0.812. The Morgan fingerprint density at radius 3 is 2.93 bits per heavy atom. The van der Waals surface area contributed by atoms with Crippen molar-refractivity contribution in [2.75, 3.05) is 6.61 Å². The van der Waals surface area contributed by atoms with Crippen LogP contribution >= 0.6 is 11.3 Å². The fraction of sp³-hybridized carbons (Fsp3) is 0.636. The van der Waals surface area contributed by atoms with E-state index >= 15 is 0 Å². The first-order valence-electron chi connectivity index (χ1n) is 5.22. The number of hydrogen-bond donors (Lipinski definition) is 1. The smallest absolute Gasteiger partial charge is 0.0795 e. The van der Waals surface area contributed by atoms with Gasteiger partial charge in [0.2, 0.25) is 0 Å². The van der Waals surface area contributed by atoms with E-state index in [1.54, 1.807) is 11.3 Å². The Bertz CT molecular complexity index is 269. The topological polar surface area (TPSA) is 35.2 Å². The molecule has 2 nitrogen and oxygen atoms in total. The molecule has 0 bridgehead atoms. The summed E-state index contributed by atoms with van der Waals surface area (Å²) >= 11 is 1.70. The van der Waals surface area contributed by atoms with Crippen molar-refractivity contribution in [2.45, 2.75) is 31.9 Å². The van der Waals surface area contributed by atoms with Crippen LogP contribution in [0.5, 0.6) is 0 Å². The summed E-state index contributed by atoms with van der Waals surface area (Å²) in [5, 5.41) is 4.20. The Morgan fingerprint density at radius 1 is 1.64 bits per heavy atom. The molecule has 0 radical (unpaired) electrons. The lowest BCUT2D eigenvalue weighted by Gasteiger charge is -2.22. The van der Waals surface area contributed by atoms with E-state index in [2.05, 4.69) is 16.8 Å². The molecule has 2 unspecified atom stereocenters. The summed E-state index contributed by atoms with van der Waals surface area (Å²) in [4.78, 5) is 0. The fourth-order valence-electron chi connectivity index (χ4n) is 1.80. The predicted octanol–water partition coefficient (Wildman–Crippen LogP) is 2.56. The molecule has 78 valence electrons. The van der Waals surface area contributed by atoms with Crippen molar-refractivity contribution < 1.29 is 4.74 Å². The van der Waals surface area contributed by atoms with Crippen molar-refractivity contribution in [3.8, 4) is 0 Å². The molecule has 1 aliphatic carbocycles. The van der Waals surface area contributed by atoms with Gasteiger partial charge >= 0.3 is 0 Å². The molecular formula is C11H17NOS. The van der Waals surface area contributed by atoms with Crippen LogP contribution in [0.25, 0.3) is 0 Å². The summed E-state index contributed by atoms with van der Waals surface area (Å²) in [5.74, 6) is 0.699. The highest BCUT2D eigenvalue weighted by atomic mass is 32.1. The normalized spacial score (nSPS) is 20.7. The van der Waals surface area contributed by atoms with Crippen LogP contribution in [0.1, 0.15) is 31.4 Å². The van der Waals surface area contributed by atoms with Crippen molar-refractivity contribution in [1.29, 1.82) is 0 Å². The first kappa shape index (κ1) is 10.1. The molecule has 0 amide bonds. The van der Waals surface area contributed by atoms with Crippen LogP contribution < -0.4 is 5.73 Å². The third-order valence-corrected chi connectivity index (χ3v) is 3.43. The summed E-state index contributed by atoms with van der Waals surface area (Å²) in [6.45, 7) is 2.80. The van der Waals surface area contributed by atoms with E-state index in [-0.39, 0.29) is 12.1 Å². The van der Waals surface area contributed by atoms with Crippen molar-refractivity contribution in [1.82, 2.24) is 0 Å². The van der Waals surface area contributed by atoms with Crippen LogP contribution in [0.2, 0.25) is 0 Å². The molecule has 14 heavy (non-hydrogen) atoms. The maximum atomic E-state index is 6.19. The van der Waals surface area contributed by atoms with Gasteiger partial charge < -0.3 is 10.5 Å². The summed E-state index contributed by atoms with van der Waals surface area (Å²) in [5.41, 5.74) is 7.41. The van der Waals surface area contributed by atoms with Gasteiger partial charge in [-0.1, -0.05) is 0 Å². The second kappa shape index (κ2) is 4.43. The van der Waals surface area contributed by atoms with Crippen LogP contribution in [-0.2, 0) is 4.74 Å². The highest BCUT2D eigenvalue weighted by molar-refractivity contribution is 7.07. The molecule has 0 spiro atoms. The minimum absolute atomic E-state index is 0.0636. The zero-order valence-corrected chi connectivity index (χ0v) is 9.30. The van der Waals surface area contributed by atoms with Gasteiger partial charge in [-0.2, -0.15) is 11.3 Å². The van der Waals surface area contributed by atoms with E-state index in [9.17, 15) is 0 Å². The third-order valence-electron chi connectivity index (χ3n) is 2.73. The van der Waals surface area contributed by atoms with E-state index in [0.717, 1.165) is 6.61 Å². The first-order valence-corrected chi connectivity index (χ1v) is 6.16. The van der Waals surface area contributed by atoms with Crippen molar-refractivity contribution >= 4 is 11.3 Å². The van der Waals surface area contributed by atoms with Gasteiger partial charge in [0.25, 0.3) is 0 Å². The van der Waals surface area contributed by atoms with Gasteiger partial charge in [-0.15, -0.1) is 0 Å². The predicted molar refractivity (Wildman–Crippen MR) is 59.4 cm³/mol. The zero-order chi connectivity index (χ0) is 9.97. The Morgan fingerprint density at radius 2 is 2.43 bits per heavy atom. The lowest BCUT2D eigenvalue weighted by atomic mass is 10.0. The molecule has 0 aliphatic heterocycles. The minimum Gasteiger partial charge on any atom is -0.376 e. The van der Waals surface area contributed by atoms with Crippen LogP contribution in [-0.4, -0.2) is 12.7 Å². The third kappa shape index (κ3) is 2.16. The van der Waals surface area contributed by atoms with Crippen LogP contribution in [0.4, 0.5) is 0 Å². The SMILES string of the molecule is CCOC(C1CC1)C(N)c1ccsc1. The molecule has 2 atom stereocenters. The summed E-state index contributed by atoms with van der Waals surface area (Å²) in [7, 11) is 0. The largest absolute Gasteiger partial charge is 0.376 e. The fourth-order valence-corrected chi connectivity index (χ4v) is 2.51. The van der Waals surface area contributed by atoms with E-state index in [1.807, 2.05) is 6.92 Å². The molecule has 1 aromatic rings. The van der Waals surface area contributed by atoms with Gasteiger partial charge in [-0.25, -0.2) is 0 Å². The second-order valence-corrected chi connectivity index (χ2v) is 4.62. The van der Waals surface area contributed by atoms with E-state index in [0.29, 0.717) is 5.92 Å². The number of hydrogen-bond acceptors (Lipinski definition) is 3.